The lowest BCUT2D eigenvalue weighted by atomic mass is 10.1. The van der Waals surface area contributed by atoms with Gasteiger partial charge in [-0.1, -0.05) is 12.1 Å². The van der Waals surface area contributed by atoms with Crippen LogP contribution in [0.1, 0.15) is 11.1 Å². The average molecular weight is 417 g/mol. The molecule has 0 N–H and O–H groups in total. The molecule has 0 amide bonds. The Morgan fingerprint density at radius 1 is 1.16 bits per heavy atom. The third kappa shape index (κ3) is 2.90. The minimum Gasteiger partial charge on any atom is -0.300 e. The summed E-state index contributed by atoms with van der Waals surface area (Å²) in [7, 11) is 2.81. The average Bonchev–Trinajstić information content (AvgIpc) is 2.87. The van der Waals surface area contributed by atoms with Gasteiger partial charge in [-0.15, -0.1) is 0 Å². The van der Waals surface area contributed by atoms with Gasteiger partial charge in [0.2, 0.25) is 0 Å². The van der Waals surface area contributed by atoms with Crippen molar-refractivity contribution < 1.29 is 13.2 Å². The first kappa shape index (κ1) is 17.5. The van der Waals surface area contributed by atoms with Crippen molar-refractivity contribution in [2.45, 2.75) is 12.7 Å². The second-order valence-electron chi connectivity index (χ2n) is 5.54. The fraction of sp³-hybridized carbons (Fsp3) is 0.267. The quantitative estimate of drug-likeness (QED) is 0.602. The monoisotopic (exact) mass is 416 g/mol. The highest BCUT2D eigenvalue weighted by Crippen LogP contribution is 2.30. The fourth-order valence-electron chi connectivity index (χ4n) is 2.63. The zero-order chi connectivity index (χ0) is 18.5. The molecule has 6 nitrogen and oxygen atoms in total. The number of hydrogen-bond donors (Lipinski definition) is 0. The number of aromatic nitrogens is 4. The van der Waals surface area contributed by atoms with Crippen LogP contribution in [0.5, 0.6) is 0 Å². The minimum atomic E-state index is -4.45. The summed E-state index contributed by atoms with van der Waals surface area (Å²) >= 11 is 3.21. The maximum Gasteiger partial charge on any atom is 0.416 e. The molecule has 25 heavy (non-hydrogen) atoms. The highest BCUT2D eigenvalue weighted by molar-refractivity contribution is 9.10. The molecule has 1 aromatic carbocycles. The Morgan fingerprint density at radius 3 is 2.48 bits per heavy atom. The maximum atomic E-state index is 12.9. The van der Waals surface area contributed by atoms with Gasteiger partial charge in [0.15, 0.2) is 15.9 Å². The van der Waals surface area contributed by atoms with Crippen molar-refractivity contribution in [3.05, 3.63) is 61.0 Å². The Labute approximate surface area is 147 Å². The van der Waals surface area contributed by atoms with Crippen LogP contribution >= 0.6 is 15.9 Å². The Bertz CT molecular complexity index is 1100. The summed E-state index contributed by atoms with van der Waals surface area (Å²) in [6.07, 6.45) is -4.45. The number of imidazole rings is 1. The van der Waals surface area contributed by atoms with Gasteiger partial charge in [0.1, 0.15) is 0 Å². The number of fused-ring (bicyclic) bond motifs is 1. The number of nitrogens with zero attached hydrogens (tertiary/aromatic N) is 4. The van der Waals surface area contributed by atoms with Crippen LogP contribution in [0.4, 0.5) is 13.2 Å². The molecule has 0 aliphatic heterocycles. The van der Waals surface area contributed by atoms with Gasteiger partial charge in [-0.25, -0.2) is 9.78 Å². The van der Waals surface area contributed by atoms with E-state index < -0.39 is 23.0 Å². The van der Waals surface area contributed by atoms with E-state index in [1.54, 1.807) is 0 Å². The Balaban J connectivity index is 2.20. The fourth-order valence-corrected chi connectivity index (χ4v) is 3.10. The van der Waals surface area contributed by atoms with Gasteiger partial charge < -0.3 is 0 Å². The maximum absolute atomic E-state index is 12.9. The van der Waals surface area contributed by atoms with E-state index in [2.05, 4.69) is 20.9 Å². The van der Waals surface area contributed by atoms with E-state index in [9.17, 15) is 22.8 Å². The van der Waals surface area contributed by atoms with Crippen molar-refractivity contribution in [2.75, 3.05) is 0 Å². The number of halogens is 4. The first-order valence-electron chi connectivity index (χ1n) is 7.09. The lowest BCUT2D eigenvalue weighted by Crippen LogP contribution is -2.37. The first-order valence-corrected chi connectivity index (χ1v) is 7.88. The Hall–Kier alpha value is -2.36. The van der Waals surface area contributed by atoms with Crippen molar-refractivity contribution in [3.63, 3.8) is 0 Å². The predicted molar refractivity (Wildman–Crippen MR) is 88.5 cm³/mol. The van der Waals surface area contributed by atoms with Crippen LogP contribution in [0.25, 0.3) is 11.2 Å². The largest absolute Gasteiger partial charge is 0.416 e. The molecule has 0 saturated carbocycles. The number of aryl methyl sites for hydroxylation is 1. The molecule has 0 radical (unpaired) electrons. The van der Waals surface area contributed by atoms with Gasteiger partial charge in [-0.05, 0) is 33.6 Å². The van der Waals surface area contributed by atoms with Crippen LogP contribution in [0.3, 0.4) is 0 Å². The summed E-state index contributed by atoms with van der Waals surface area (Å²) in [6, 6.07) is 4.85. The second-order valence-corrected chi connectivity index (χ2v) is 6.25. The molecule has 0 aliphatic rings. The van der Waals surface area contributed by atoms with Crippen LogP contribution < -0.4 is 11.2 Å². The predicted octanol–water partition coefficient (Wildman–Crippen LogP) is 2.26. The smallest absolute Gasteiger partial charge is 0.300 e. The van der Waals surface area contributed by atoms with Crippen molar-refractivity contribution >= 4 is 27.1 Å². The van der Waals surface area contributed by atoms with Gasteiger partial charge in [0.05, 0.1) is 12.1 Å². The normalized spacial score (nSPS) is 12.1. The molecule has 3 rings (SSSR count). The standard InChI is InChI=1S/C15H12BrF3N4O2/c1-21-11-10(12(24)22(2)14(21)25)20-13(16)23(11)7-8-4-3-5-9(6-8)15(17,18)19/h3-6H,7H2,1-2H3. The van der Waals surface area contributed by atoms with E-state index in [0.29, 0.717) is 5.56 Å². The van der Waals surface area contributed by atoms with Gasteiger partial charge >= 0.3 is 11.9 Å². The lowest BCUT2D eigenvalue weighted by molar-refractivity contribution is -0.137. The second kappa shape index (κ2) is 5.87. The van der Waals surface area contributed by atoms with Gasteiger partial charge in [0.25, 0.3) is 5.56 Å². The summed E-state index contributed by atoms with van der Waals surface area (Å²) in [5.74, 6) is 0. The number of alkyl halides is 3. The van der Waals surface area contributed by atoms with Crippen LogP contribution in [-0.4, -0.2) is 18.7 Å². The first-order chi connectivity index (χ1) is 11.6. The van der Waals surface area contributed by atoms with Crippen molar-refractivity contribution in [3.8, 4) is 0 Å². The molecule has 0 atom stereocenters. The van der Waals surface area contributed by atoms with Gasteiger partial charge in [-0.2, -0.15) is 13.2 Å². The molecule has 0 bridgehead atoms. The molecular formula is C15H12BrF3N4O2. The van der Waals surface area contributed by atoms with E-state index in [1.165, 1.54) is 35.4 Å². The van der Waals surface area contributed by atoms with Crippen LogP contribution in [-0.2, 0) is 26.8 Å². The summed E-state index contributed by atoms with van der Waals surface area (Å²) < 4.78 is 42.5. The van der Waals surface area contributed by atoms with Gasteiger partial charge in [-0.3, -0.25) is 18.5 Å². The summed E-state index contributed by atoms with van der Waals surface area (Å²) in [4.78, 5) is 28.4. The molecule has 10 heteroatoms. The van der Waals surface area contributed by atoms with Crippen molar-refractivity contribution in [2.24, 2.45) is 14.1 Å². The highest BCUT2D eigenvalue weighted by Gasteiger charge is 2.30. The van der Waals surface area contributed by atoms with Crippen LogP contribution in [0, 0.1) is 0 Å². The summed E-state index contributed by atoms with van der Waals surface area (Å²) in [6.45, 7) is 0.0153. The zero-order valence-electron chi connectivity index (χ0n) is 13.1. The van der Waals surface area contributed by atoms with Crippen LogP contribution in [0.15, 0.2) is 38.6 Å². The van der Waals surface area contributed by atoms with E-state index in [-0.39, 0.29) is 22.4 Å². The molecule has 0 aliphatic carbocycles. The highest BCUT2D eigenvalue weighted by atomic mass is 79.9. The van der Waals surface area contributed by atoms with Crippen molar-refractivity contribution in [1.82, 2.24) is 18.7 Å². The molecule has 0 spiro atoms. The van der Waals surface area contributed by atoms with Gasteiger partial charge in [0, 0.05) is 14.1 Å². The molecule has 0 unspecified atom stereocenters. The molecule has 0 saturated heterocycles. The molecular weight excluding hydrogens is 405 g/mol. The van der Waals surface area contributed by atoms with E-state index in [0.717, 1.165) is 16.7 Å². The van der Waals surface area contributed by atoms with E-state index in [4.69, 9.17) is 0 Å². The summed E-state index contributed by atoms with van der Waals surface area (Å²) in [5.41, 5.74) is -1.23. The molecule has 132 valence electrons. The lowest BCUT2D eigenvalue weighted by Gasteiger charge is -2.12. The van der Waals surface area contributed by atoms with Crippen LogP contribution in [0.2, 0.25) is 0 Å². The molecule has 0 fully saturated rings. The molecule has 2 heterocycles. The number of hydrogen-bond acceptors (Lipinski definition) is 3. The molecule has 3 aromatic rings. The van der Waals surface area contributed by atoms with E-state index >= 15 is 0 Å². The zero-order valence-corrected chi connectivity index (χ0v) is 14.7. The topological polar surface area (TPSA) is 61.8 Å². The SMILES string of the molecule is Cn1c(=O)c2nc(Br)n(Cc3cccc(C(F)(F)F)c3)c2n(C)c1=O. The number of rotatable bonds is 2. The minimum absolute atomic E-state index is 0.0153. The third-order valence-electron chi connectivity index (χ3n) is 3.89. The Kier molecular flexibility index (Phi) is 4.10. The van der Waals surface area contributed by atoms with Crippen molar-refractivity contribution in [1.29, 1.82) is 0 Å². The van der Waals surface area contributed by atoms with E-state index in [1.807, 2.05) is 0 Å². The third-order valence-corrected chi connectivity index (χ3v) is 4.49. The Morgan fingerprint density at radius 2 is 1.84 bits per heavy atom. The summed E-state index contributed by atoms with van der Waals surface area (Å²) in [5, 5.41) is 0. The molecule has 2 aromatic heterocycles. The number of benzene rings is 1.